The predicted molar refractivity (Wildman–Crippen MR) is 87.4 cm³/mol. The van der Waals surface area contributed by atoms with Gasteiger partial charge in [-0.2, -0.15) is 11.8 Å². The first-order valence-corrected chi connectivity index (χ1v) is 8.22. The van der Waals surface area contributed by atoms with Crippen molar-refractivity contribution in [3.05, 3.63) is 23.8 Å². The van der Waals surface area contributed by atoms with Crippen LogP contribution in [0.25, 0.3) is 0 Å². The first kappa shape index (κ1) is 15.0. The fraction of sp³-hybridized carbons (Fsp3) is 0.533. The Kier molecular flexibility index (Phi) is 4.81. The number of anilines is 2. The van der Waals surface area contributed by atoms with Gasteiger partial charge in [-0.25, -0.2) is 0 Å². The number of carbonyl (C=O) groups is 1. The van der Waals surface area contributed by atoms with E-state index in [0.29, 0.717) is 22.5 Å². The normalized spacial score (nSPS) is 21.8. The van der Waals surface area contributed by atoms with Crippen LogP contribution in [-0.4, -0.2) is 42.4 Å². The van der Waals surface area contributed by atoms with Gasteiger partial charge in [-0.15, -0.1) is 0 Å². The fourth-order valence-electron chi connectivity index (χ4n) is 2.68. The average molecular weight is 293 g/mol. The van der Waals surface area contributed by atoms with E-state index in [1.807, 2.05) is 23.9 Å². The molecule has 1 aliphatic rings. The average Bonchev–Trinajstić information content (AvgIpc) is 2.85. The maximum atomic E-state index is 12.2. The summed E-state index contributed by atoms with van der Waals surface area (Å²) in [5, 5.41) is 4.15. The molecule has 2 unspecified atom stereocenters. The SMILES string of the molecule is CSC1CCCC1Nc1cc(N)ccc1C(=O)N(C)C. The van der Waals surface area contributed by atoms with Gasteiger partial charge in [0, 0.05) is 36.8 Å². The molecule has 1 fully saturated rings. The zero-order chi connectivity index (χ0) is 14.7. The minimum absolute atomic E-state index is 0.00574. The summed E-state index contributed by atoms with van der Waals surface area (Å²) in [4.78, 5) is 13.8. The molecule has 1 aromatic rings. The smallest absolute Gasteiger partial charge is 0.255 e. The van der Waals surface area contributed by atoms with Crippen LogP contribution in [0.3, 0.4) is 0 Å². The van der Waals surface area contributed by atoms with Gasteiger partial charge >= 0.3 is 0 Å². The molecule has 0 spiro atoms. The lowest BCUT2D eigenvalue weighted by atomic mass is 10.1. The van der Waals surface area contributed by atoms with Gasteiger partial charge in [0.05, 0.1) is 5.56 Å². The van der Waals surface area contributed by atoms with Gasteiger partial charge < -0.3 is 16.0 Å². The molecule has 0 aliphatic heterocycles. The number of rotatable bonds is 4. The molecule has 2 atom stereocenters. The highest BCUT2D eigenvalue weighted by atomic mass is 32.2. The third kappa shape index (κ3) is 3.20. The molecule has 20 heavy (non-hydrogen) atoms. The molecule has 110 valence electrons. The minimum atomic E-state index is 0.00574. The molecule has 1 aliphatic carbocycles. The Morgan fingerprint density at radius 3 is 2.80 bits per heavy atom. The van der Waals surface area contributed by atoms with Crippen molar-refractivity contribution in [2.45, 2.75) is 30.6 Å². The van der Waals surface area contributed by atoms with E-state index in [4.69, 9.17) is 5.73 Å². The topological polar surface area (TPSA) is 58.4 Å². The second kappa shape index (κ2) is 6.39. The summed E-state index contributed by atoms with van der Waals surface area (Å²) in [7, 11) is 3.53. The van der Waals surface area contributed by atoms with E-state index in [-0.39, 0.29) is 5.91 Å². The molecule has 1 amide bonds. The number of carbonyl (C=O) groups excluding carboxylic acids is 1. The van der Waals surface area contributed by atoms with Crippen LogP contribution in [0.5, 0.6) is 0 Å². The van der Waals surface area contributed by atoms with Gasteiger partial charge in [-0.05, 0) is 37.3 Å². The molecule has 0 heterocycles. The number of nitrogen functional groups attached to an aromatic ring is 1. The van der Waals surface area contributed by atoms with E-state index in [1.165, 1.54) is 12.8 Å². The third-order valence-electron chi connectivity index (χ3n) is 3.78. The maximum absolute atomic E-state index is 12.2. The van der Waals surface area contributed by atoms with Crippen molar-refractivity contribution in [2.75, 3.05) is 31.4 Å². The first-order chi connectivity index (χ1) is 9.52. The Hall–Kier alpha value is -1.36. The van der Waals surface area contributed by atoms with Crippen LogP contribution >= 0.6 is 11.8 Å². The number of thioether (sulfide) groups is 1. The van der Waals surface area contributed by atoms with Gasteiger partial charge in [0.25, 0.3) is 5.91 Å². The van der Waals surface area contributed by atoms with Gasteiger partial charge in [0.15, 0.2) is 0 Å². The van der Waals surface area contributed by atoms with Crippen LogP contribution in [0.1, 0.15) is 29.6 Å². The summed E-state index contributed by atoms with van der Waals surface area (Å²) in [5.41, 5.74) is 8.10. The van der Waals surface area contributed by atoms with Crippen molar-refractivity contribution >= 4 is 29.0 Å². The molecule has 4 nitrogen and oxygen atoms in total. The van der Waals surface area contributed by atoms with Crippen LogP contribution in [0, 0.1) is 0 Å². The van der Waals surface area contributed by atoms with Crippen LogP contribution < -0.4 is 11.1 Å². The third-order valence-corrected chi connectivity index (χ3v) is 4.95. The van der Waals surface area contributed by atoms with E-state index in [0.717, 1.165) is 12.1 Å². The molecule has 3 N–H and O–H groups in total. The Morgan fingerprint density at radius 1 is 1.40 bits per heavy atom. The zero-order valence-corrected chi connectivity index (χ0v) is 13.2. The quantitative estimate of drug-likeness (QED) is 0.838. The highest BCUT2D eigenvalue weighted by Crippen LogP contribution is 2.32. The Morgan fingerprint density at radius 2 is 2.15 bits per heavy atom. The summed E-state index contributed by atoms with van der Waals surface area (Å²) in [6.45, 7) is 0. The van der Waals surface area contributed by atoms with E-state index in [2.05, 4.69) is 11.6 Å². The summed E-state index contributed by atoms with van der Waals surface area (Å²) in [6, 6.07) is 5.87. The fourth-order valence-corrected chi connectivity index (χ4v) is 3.62. The lowest BCUT2D eigenvalue weighted by Crippen LogP contribution is -2.28. The van der Waals surface area contributed by atoms with Crippen LogP contribution in [0.2, 0.25) is 0 Å². The van der Waals surface area contributed by atoms with Crippen molar-refractivity contribution in [1.82, 2.24) is 4.90 Å². The molecule has 0 aromatic heterocycles. The summed E-state index contributed by atoms with van der Waals surface area (Å²) in [6.07, 6.45) is 5.77. The van der Waals surface area contributed by atoms with Gasteiger partial charge in [-0.3, -0.25) is 4.79 Å². The van der Waals surface area contributed by atoms with Gasteiger partial charge in [0.1, 0.15) is 0 Å². The Labute approximate surface area is 125 Å². The predicted octanol–water partition coefficient (Wildman–Crippen LogP) is 2.67. The standard InChI is InChI=1S/C15H23N3OS/c1-18(2)15(19)11-8-7-10(16)9-13(11)17-12-5-4-6-14(12)20-3/h7-9,12,14,17H,4-6,16H2,1-3H3. The number of benzene rings is 1. The van der Waals surface area contributed by atoms with Crippen LogP contribution in [0.15, 0.2) is 18.2 Å². The molecule has 0 radical (unpaired) electrons. The van der Waals surface area contributed by atoms with Crippen LogP contribution in [-0.2, 0) is 0 Å². The van der Waals surface area contributed by atoms with Crippen molar-refractivity contribution in [2.24, 2.45) is 0 Å². The Balaban J connectivity index is 2.25. The summed E-state index contributed by atoms with van der Waals surface area (Å²) in [5.74, 6) is 0.00574. The number of amides is 1. The summed E-state index contributed by atoms with van der Waals surface area (Å²) < 4.78 is 0. The van der Waals surface area contributed by atoms with E-state index >= 15 is 0 Å². The van der Waals surface area contributed by atoms with Crippen LogP contribution in [0.4, 0.5) is 11.4 Å². The number of hydrogen-bond donors (Lipinski definition) is 2. The maximum Gasteiger partial charge on any atom is 0.255 e. The van der Waals surface area contributed by atoms with Crippen molar-refractivity contribution in [3.63, 3.8) is 0 Å². The van der Waals surface area contributed by atoms with Gasteiger partial charge in [0.2, 0.25) is 0 Å². The number of nitrogens with one attached hydrogen (secondary N) is 1. The van der Waals surface area contributed by atoms with E-state index in [1.54, 1.807) is 25.1 Å². The highest BCUT2D eigenvalue weighted by Gasteiger charge is 2.27. The van der Waals surface area contributed by atoms with E-state index in [9.17, 15) is 4.79 Å². The molecule has 0 bridgehead atoms. The number of nitrogens with two attached hydrogens (primary N) is 1. The lowest BCUT2D eigenvalue weighted by molar-refractivity contribution is 0.0828. The summed E-state index contributed by atoms with van der Waals surface area (Å²) >= 11 is 1.90. The number of hydrogen-bond acceptors (Lipinski definition) is 4. The second-order valence-corrected chi connectivity index (χ2v) is 6.54. The van der Waals surface area contributed by atoms with Crippen molar-refractivity contribution in [3.8, 4) is 0 Å². The molecule has 1 aromatic carbocycles. The molecule has 2 rings (SSSR count). The largest absolute Gasteiger partial charge is 0.399 e. The molecule has 5 heteroatoms. The van der Waals surface area contributed by atoms with Crippen molar-refractivity contribution < 1.29 is 4.79 Å². The minimum Gasteiger partial charge on any atom is -0.399 e. The Bertz CT molecular complexity index is 490. The van der Waals surface area contributed by atoms with Gasteiger partial charge in [-0.1, -0.05) is 6.42 Å². The lowest BCUT2D eigenvalue weighted by Gasteiger charge is -2.23. The zero-order valence-electron chi connectivity index (χ0n) is 12.3. The highest BCUT2D eigenvalue weighted by molar-refractivity contribution is 7.99. The molecular weight excluding hydrogens is 270 g/mol. The first-order valence-electron chi connectivity index (χ1n) is 6.93. The van der Waals surface area contributed by atoms with E-state index < -0.39 is 0 Å². The second-order valence-electron chi connectivity index (χ2n) is 5.46. The monoisotopic (exact) mass is 293 g/mol. The molecule has 0 saturated heterocycles. The molecular formula is C15H23N3OS. The molecule has 1 saturated carbocycles. The number of nitrogens with zero attached hydrogens (tertiary/aromatic N) is 1. The van der Waals surface area contributed by atoms with Crippen molar-refractivity contribution in [1.29, 1.82) is 0 Å².